The summed E-state index contributed by atoms with van der Waals surface area (Å²) < 4.78 is 35.8. The van der Waals surface area contributed by atoms with Gasteiger partial charge in [-0.15, -0.1) is 0 Å². The third kappa shape index (κ3) is 5.82. The summed E-state index contributed by atoms with van der Waals surface area (Å²) >= 11 is 0. The molecule has 0 spiro atoms. The van der Waals surface area contributed by atoms with Crippen molar-refractivity contribution in [3.05, 3.63) is 93.5 Å². The van der Waals surface area contributed by atoms with E-state index >= 15 is 0 Å². The first kappa shape index (κ1) is 22.8. The third-order valence-electron chi connectivity index (χ3n) is 4.43. The van der Waals surface area contributed by atoms with Crippen LogP contribution in [-0.2, 0) is 16.6 Å². The molecule has 0 saturated heterocycles. The summed E-state index contributed by atoms with van der Waals surface area (Å²) in [5, 5.41) is 14.6. The summed E-state index contributed by atoms with van der Waals surface area (Å²) in [5.41, 5.74) is 2.41. The van der Waals surface area contributed by atoms with E-state index in [0.29, 0.717) is 23.7 Å². The van der Waals surface area contributed by atoms with Crippen LogP contribution in [0.1, 0.15) is 16.7 Å². The van der Waals surface area contributed by atoms with Gasteiger partial charge in [0.1, 0.15) is 6.61 Å². The molecule has 10 heteroatoms. The molecule has 0 aliphatic heterocycles. The van der Waals surface area contributed by atoms with E-state index in [1.54, 1.807) is 18.2 Å². The monoisotopic (exact) mass is 455 g/mol. The Labute approximate surface area is 185 Å². The molecule has 0 radical (unpaired) electrons. The average Bonchev–Trinajstić information content (AvgIpc) is 2.79. The van der Waals surface area contributed by atoms with E-state index in [-0.39, 0.29) is 10.6 Å². The van der Waals surface area contributed by atoms with E-state index in [1.807, 2.05) is 36.0 Å². The quantitative estimate of drug-likeness (QED) is 0.298. The molecule has 0 fully saturated rings. The second-order valence-corrected chi connectivity index (χ2v) is 8.45. The van der Waals surface area contributed by atoms with Gasteiger partial charge in [0.05, 0.1) is 23.1 Å². The Balaban J connectivity index is 1.68. The van der Waals surface area contributed by atoms with Crippen molar-refractivity contribution in [2.75, 3.05) is 7.11 Å². The van der Waals surface area contributed by atoms with Crippen LogP contribution in [0.2, 0.25) is 0 Å². The first-order valence-electron chi connectivity index (χ1n) is 9.44. The van der Waals surface area contributed by atoms with E-state index in [0.717, 1.165) is 17.2 Å². The van der Waals surface area contributed by atoms with Crippen molar-refractivity contribution in [1.82, 2.24) is 4.83 Å². The summed E-state index contributed by atoms with van der Waals surface area (Å²) in [4.78, 5) is 12.0. The number of aryl methyl sites for hydroxylation is 1. The number of methoxy groups -OCH3 is 1. The van der Waals surface area contributed by atoms with Gasteiger partial charge in [-0.1, -0.05) is 35.9 Å². The highest BCUT2D eigenvalue weighted by atomic mass is 32.2. The van der Waals surface area contributed by atoms with E-state index in [2.05, 4.69) is 5.10 Å². The Morgan fingerprint density at radius 3 is 2.50 bits per heavy atom. The van der Waals surface area contributed by atoms with Crippen molar-refractivity contribution in [3.8, 4) is 11.5 Å². The fourth-order valence-corrected chi connectivity index (χ4v) is 3.55. The van der Waals surface area contributed by atoms with Crippen LogP contribution < -0.4 is 14.3 Å². The van der Waals surface area contributed by atoms with Crippen LogP contribution in [0.15, 0.2) is 76.7 Å². The summed E-state index contributed by atoms with van der Waals surface area (Å²) in [6, 6.07) is 17.7. The van der Waals surface area contributed by atoms with Crippen LogP contribution in [0, 0.1) is 17.0 Å². The first-order chi connectivity index (χ1) is 15.3. The molecular formula is C22H21N3O6S. The zero-order valence-corrected chi connectivity index (χ0v) is 18.2. The number of nitrogens with one attached hydrogen (secondary N) is 1. The molecule has 1 N–H and O–H groups in total. The lowest BCUT2D eigenvalue weighted by Gasteiger charge is -2.11. The number of nitrogens with zero attached hydrogens (tertiary/aromatic N) is 2. The number of nitro groups is 1. The second-order valence-electron chi connectivity index (χ2n) is 6.79. The molecule has 0 unspecified atom stereocenters. The maximum Gasteiger partial charge on any atom is 0.276 e. The second kappa shape index (κ2) is 9.92. The van der Waals surface area contributed by atoms with Gasteiger partial charge in [0, 0.05) is 12.1 Å². The number of sulfonamides is 1. The maximum absolute atomic E-state index is 12.3. The Kier molecular flexibility index (Phi) is 7.06. The first-order valence-corrected chi connectivity index (χ1v) is 10.9. The van der Waals surface area contributed by atoms with E-state index in [1.165, 1.54) is 31.5 Å². The third-order valence-corrected chi connectivity index (χ3v) is 5.65. The van der Waals surface area contributed by atoms with Gasteiger partial charge >= 0.3 is 0 Å². The SMILES string of the molecule is COc1cc(/C=N/NS(=O)(=O)c2cccc([N+](=O)[O-])c2)ccc1OCc1ccc(C)cc1. The number of nitro benzene ring substituents is 1. The molecule has 0 aromatic heterocycles. The fraction of sp³-hybridized carbons (Fsp3) is 0.136. The average molecular weight is 455 g/mol. The molecule has 9 nitrogen and oxygen atoms in total. The summed E-state index contributed by atoms with van der Waals surface area (Å²) in [6.07, 6.45) is 1.29. The van der Waals surface area contributed by atoms with Gasteiger partial charge in [-0.05, 0) is 42.3 Å². The van der Waals surface area contributed by atoms with Crippen LogP contribution in [0.4, 0.5) is 5.69 Å². The predicted octanol–water partition coefficient (Wildman–Crippen LogP) is 3.80. The fourth-order valence-electron chi connectivity index (χ4n) is 2.72. The van der Waals surface area contributed by atoms with Crippen LogP contribution >= 0.6 is 0 Å². The predicted molar refractivity (Wildman–Crippen MR) is 120 cm³/mol. The van der Waals surface area contributed by atoms with Crippen LogP contribution in [0.3, 0.4) is 0 Å². The van der Waals surface area contributed by atoms with Gasteiger partial charge in [-0.25, -0.2) is 4.83 Å². The van der Waals surface area contributed by atoms with E-state index in [4.69, 9.17) is 9.47 Å². The molecule has 0 saturated carbocycles. The molecule has 0 aliphatic rings. The van der Waals surface area contributed by atoms with Gasteiger partial charge in [-0.2, -0.15) is 13.5 Å². The standard InChI is InChI=1S/C22H21N3O6S/c1-16-6-8-17(9-7-16)15-31-21-11-10-18(12-22(21)30-2)14-23-24-32(28,29)20-5-3-4-19(13-20)25(26)27/h3-14,24H,15H2,1-2H3/b23-14+. The van der Waals surface area contributed by atoms with Crippen LogP contribution in [0.25, 0.3) is 0 Å². The molecule has 0 atom stereocenters. The molecule has 0 heterocycles. The Bertz CT molecular complexity index is 1240. The van der Waals surface area contributed by atoms with Crippen molar-refractivity contribution in [3.63, 3.8) is 0 Å². The minimum Gasteiger partial charge on any atom is -0.493 e. The highest BCUT2D eigenvalue weighted by molar-refractivity contribution is 7.89. The molecule has 166 valence electrons. The van der Waals surface area contributed by atoms with Gasteiger partial charge in [0.2, 0.25) is 0 Å². The molecule has 0 aliphatic carbocycles. The van der Waals surface area contributed by atoms with E-state index < -0.39 is 14.9 Å². The summed E-state index contributed by atoms with van der Waals surface area (Å²) in [6.45, 7) is 2.38. The summed E-state index contributed by atoms with van der Waals surface area (Å²) in [7, 11) is -2.56. The minimum absolute atomic E-state index is 0.263. The maximum atomic E-state index is 12.3. The van der Waals surface area contributed by atoms with Crippen LogP contribution in [0.5, 0.6) is 11.5 Å². The topological polar surface area (TPSA) is 120 Å². The molecule has 3 aromatic carbocycles. The van der Waals surface area contributed by atoms with Crippen molar-refractivity contribution in [2.24, 2.45) is 5.10 Å². The van der Waals surface area contributed by atoms with Crippen molar-refractivity contribution in [2.45, 2.75) is 18.4 Å². The van der Waals surface area contributed by atoms with Gasteiger partial charge in [0.15, 0.2) is 11.5 Å². The lowest BCUT2D eigenvalue weighted by Crippen LogP contribution is -2.18. The number of rotatable bonds is 9. The number of non-ortho nitro benzene ring substituents is 1. The lowest BCUT2D eigenvalue weighted by atomic mass is 10.2. The molecule has 0 amide bonds. The Morgan fingerprint density at radius 2 is 1.81 bits per heavy atom. The smallest absolute Gasteiger partial charge is 0.276 e. The van der Waals surface area contributed by atoms with Gasteiger partial charge in [0.25, 0.3) is 15.7 Å². The largest absolute Gasteiger partial charge is 0.493 e. The lowest BCUT2D eigenvalue weighted by molar-refractivity contribution is -0.385. The summed E-state index contributed by atoms with van der Waals surface area (Å²) in [5.74, 6) is 0.991. The van der Waals surface area contributed by atoms with Crippen molar-refractivity contribution in [1.29, 1.82) is 0 Å². The normalized spacial score (nSPS) is 11.3. The minimum atomic E-state index is -4.06. The number of hydrazone groups is 1. The highest BCUT2D eigenvalue weighted by Gasteiger charge is 2.16. The van der Waals surface area contributed by atoms with Crippen molar-refractivity contribution < 1.29 is 22.8 Å². The molecule has 32 heavy (non-hydrogen) atoms. The Hall–Kier alpha value is -3.92. The van der Waals surface area contributed by atoms with Crippen molar-refractivity contribution >= 4 is 21.9 Å². The zero-order valence-electron chi connectivity index (χ0n) is 17.4. The van der Waals surface area contributed by atoms with Gasteiger partial charge < -0.3 is 9.47 Å². The molecule has 3 rings (SSSR count). The molecular weight excluding hydrogens is 434 g/mol. The zero-order chi connectivity index (χ0) is 23.1. The number of hydrogen-bond acceptors (Lipinski definition) is 7. The molecule has 0 bridgehead atoms. The molecule has 3 aromatic rings. The van der Waals surface area contributed by atoms with Crippen LogP contribution in [-0.4, -0.2) is 26.7 Å². The number of ether oxygens (including phenoxy) is 2. The van der Waals surface area contributed by atoms with E-state index in [9.17, 15) is 18.5 Å². The number of hydrogen-bond donors (Lipinski definition) is 1. The highest BCUT2D eigenvalue weighted by Crippen LogP contribution is 2.28. The number of benzene rings is 3. The van der Waals surface area contributed by atoms with Gasteiger partial charge in [-0.3, -0.25) is 10.1 Å². The Morgan fingerprint density at radius 1 is 1.06 bits per heavy atom.